The average molecular weight is 466 g/mol. The first-order valence-corrected chi connectivity index (χ1v) is 13.4. The van der Waals surface area contributed by atoms with Crippen molar-refractivity contribution in [2.45, 2.75) is 80.1 Å². The van der Waals surface area contributed by atoms with Gasteiger partial charge in [0.2, 0.25) is 0 Å². The van der Waals surface area contributed by atoms with Crippen LogP contribution in [0.4, 0.5) is 0 Å². The fourth-order valence-corrected chi connectivity index (χ4v) is 5.02. The summed E-state index contributed by atoms with van der Waals surface area (Å²) < 4.78 is 0. The van der Waals surface area contributed by atoms with Crippen molar-refractivity contribution < 1.29 is 0 Å². The predicted octanol–water partition coefficient (Wildman–Crippen LogP) is 8.47. The lowest BCUT2D eigenvalue weighted by molar-refractivity contribution is 0.799. The van der Waals surface area contributed by atoms with Gasteiger partial charge in [-0.25, -0.2) is 0 Å². The number of aromatic amines is 1. The van der Waals surface area contributed by atoms with Crippen molar-refractivity contribution in [1.82, 2.24) is 4.98 Å². The fourth-order valence-electron chi connectivity index (χ4n) is 5.02. The minimum atomic E-state index is 0.509. The van der Waals surface area contributed by atoms with Gasteiger partial charge in [-0.2, -0.15) is 0 Å². The number of hydrogen-bond donors (Lipinski definition) is 1. The van der Waals surface area contributed by atoms with Crippen molar-refractivity contribution in [3.05, 3.63) is 93.0 Å². The molecule has 0 spiro atoms. The second kappa shape index (κ2) is 11.6. The Labute approximate surface area is 212 Å². The fraction of sp³-hybridized carbons (Fsp3) is 0.353. The van der Waals surface area contributed by atoms with Gasteiger partial charge in [-0.15, -0.1) is 0 Å². The van der Waals surface area contributed by atoms with E-state index in [0.29, 0.717) is 11.8 Å². The van der Waals surface area contributed by atoms with Crippen LogP contribution in [0.15, 0.2) is 54.6 Å². The van der Waals surface area contributed by atoms with E-state index in [2.05, 4.69) is 114 Å². The summed E-state index contributed by atoms with van der Waals surface area (Å²) in [6.45, 7) is 22.0. The van der Waals surface area contributed by atoms with Crippen molar-refractivity contribution >= 4 is 23.6 Å². The minimum absolute atomic E-state index is 0.509. The van der Waals surface area contributed by atoms with E-state index in [1.165, 1.54) is 49.5 Å². The zero-order valence-electron chi connectivity index (χ0n) is 23.0. The molecule has 0 saturated heterocycles. The maximum absolute atomic E-state index is 4.35. The van der Waals surface area contributed by atoms with Gasteiger partial charge in [-0.1, -0.05) is 110 Å². The van der Waals surface area contributed by atoms with Crippen LogP contribution in [0.25, 0.3) is 34.7 Å². The molecule has 0 amide bonds. The summed E-state index contributed by atoms with van der Waals surface area (Å²) in [7, 11) is 0. The zero-order chi connectivity index (χ0) is 25.7. The quantitative estimate of drug-likeness (QED) is 0.294. The van der Waals surface area contributed by atoms with Crippen LogP contribution in [-0.2, 0) is 12.8 Å². The summed E-state index contributed by atoms with van der Waals surface area (Å²) in [5, 5.41) is 3.39. The van der Waals surface area contributed by atoms with E-state index in [-0.39, 0.29) is 0 Å². The molecule has 184 valence electrons. The molecule has 0 atom stereocenters. The molecular formula is C34H43N. The Balaban J connectivity index is 0.00000167. The second-order valence-corrected chi connectivity index (χ2v) is 9.82. The Hall–Kier alpha value is -3.06. The minimum Gasteiger partial charge on any atom is -0.355 e. The molecule has 4 rings (SSSR count). The Morgan fingerprint density at radius 1 is 0.800 bits per heavy atom. The highest BCUT2D eigenvalue weighted by atomic mass is 14.7. The molecule has 0 unspecified atom stereocenters. The molecular weight excluding hydrogens is 422 g/mol. The largest absolute Gasteiger partial charge is 0.355 e. The highest BCUT2D eigenvalue weighted by molar-refractivity contribution is 5.87. The zero-order valence-corrected chi connectivity index (χ0v) is 23.0. The van der Waals surface area contributed by atoms with Gasteiger partial charge >= 0.3 is 0 Å². The van der Waals surface area contributed by atoms with Crippen LogP contribution in [0, 0.1) is 0 Å². The molecule has 1 heteroatoms. The van der Waals surface area contributed by atoms with Gasteiger partial charge in [-0.05, 0) is 75.8 Å². The molecule has 1 heterocycles. The highest BCUT2D eigenvalue weighted by Crippen LogP contribution is 2.30. The van der Waals surface area contributed by atoms with Gasteiger partial charge in [-0.3, -0.25) is 0 Å². The summed E-state index contributed by atoms with van der Waals surface area (Å²) in [6.07, 6.45) is 4.45. The molecule has 4 aromatic rings. The van der Waals surface area contributed by atoms with Crippen LogP contribution in [0.3, 0.4) is 0 Å². The maximum atomic E-state index is 4.35. The predicted molar refractivity (Wildman–Crippen MR) is 157 cm³/mol. The lowest BCUT2D eigenvalue weighted by Gasteiger charge is -2.20. The lowest BCUT2D eigenvalue weighted by atomic mass is 9.85. The van der Waals surface area contributed by atoms with Crippen molar-refractivity contribution in [2.75, 3.05) is 0 Å². The first-order chi connectivity index (χ1) is 16.8. The molecule has 1 nitrogen and oxygen atoms in total. The number of nitrogens with one attached hydrogen (secondary N) is 1. The number of hydrogen-bond acceptors (Lipinski definition) is 0. The molecule has 1 aromatic heterocycles. The normalized spacial score (nSPS) is 11.9. The standard InChI is InChI=1S/C32H37N.C2H6/c1-8-23-11-10-12-25(15-23)26-13-14-28-31(22(7)33-32(28)19-26)18-24-16-29(20(3)4)27(9-2)30(17-24)21(5)6;1-2/h10-21,33H,7-9H2,1-6H3;1-2H3/b31-18-;. The van der Waals surface area contributed by atoms with Gasteiger partial charge in [0, 0.05) is 21.5 Å². The Morgan fingerprint density at radius 3 is 2.00 bits per heavy atom. The molecule has 0 saturated carbocycles. The molecule has 0 aliphatic rings. The van der Waals surface area contributed by atoms with Gasteiger partial charge in [0.1, 0.15) is 0 Å². The summed E-state index contributed by atoms with van der Waals surface area (Å²) >= 11 is 0. The summed E-state index contributed by atoms with van der Waals surface area (Å²) in [5.41, 5.74) is 10.7. The number of fused-ring (bicyclic) bond motifs is 1. The lowest BCUT2D eigenvalue weighted by Crippen LogP contribution is -2.20. The van der Waals surface area contributed by atoms with Crippen LogP contribution >= 0.6 is 0 Å². The second-order valence-electron chi connectivity index (χ2n) is 9.82. The molecule has 0 bridgehead atoms. The van der Waals surface area contributed by atoms with Crippen molar-refractivity contribution in [2.24, 2.45) is 0 Å². The molecule has 1 N–H and O–H groups in total. The smallest absolute Gasteiger partial charge is 0.0470 e. The third-order valence-electron chi connectivity index (χ3n) is 6.84. The van der Waals surface area contributed by atoms with Gasteiger partial charge in [0.25, 0.3) is 0 Å². The van der Waals surface area contributed by atoms with E-state index < -0.39 is 0 Å². The maximum Gasteiger partial charge on any atom is 0.0470 e. The average Bonchev–Trinajstić information content (AvgIpc) is 3.18. The van der Waals surface area contributed by atoms with Crippen LogP contribution in [0.2, 0.25) is 0 Å². The molecule has 0 aliphatic heterocycles. The topological polar surface area (TPSA) is 15.8 Å². The van der Waals surface area contributed by atoms with Crippen molar-refractivity contribution in [3.63, 3.8) is 0 Å². The van der Waals surface area contributed by atoms with Crippen LogP contribution in [-0.4, -0.2) is 4.98 Å². The molecule has 0 fully saturated rings. The SMILES string of the molecule is C=c1[nH]c2cc(-c3cccc(CC)c3)ccc2/c1=C\c1cc(C(C)C)c(CC)c(C(C)C)c1.CC. The summed E-state index contributed by atoms with van der Waals surface area (Å²) in [5.74, 6) is 1.02. The Kier molecular flexibility index (Phi) is 8.78. The van der Waals surface area contributed by atoms with Crippen molar-refractivity contribution in [3.8, 4) is 11.1 Å². The molecule has 0 aliphatic carbocycles. The highest BCUT2D eigenvalue weighted by Gasteiger charge is 2.14. The summed E-state index contributed by atoms with van der Waals surface area (Å²) in [6, 6.07) is 20.3. The third kappa shape index (κ3) is 5.61. The first-order valence-electron chi connectivity index (χ1n) is 13.4. The van der Waals surface area contributed by atoms with E-state index in [0.717, 1.165) is 23.7 Å². The van der Waals surface area contributed by atoms with Crippen LogP contribution in [0.1, 0.15) is 95.0 Å². The third-order valence-corrected chi connectivity index (χ3v) is 6.84. The van der Waals surface area contributed by atoms with E-state index in [4.69, 9.17) is 0 Å². The van der Waals surface area contributed by atoms with E-state index in [1.807, 2.05) is 13.8 Å². The number of H-pyrrole nitrogens is 1. The number of aryl methyl sites for hydroxylation is 1. The van der Waals surface area contributed by atoms with Crippen LogP contribution in [0.5, 0.6) is 0 Å². The molecule has 3 aromatic carbocycles. The first kappa shape index (κ1) is 26.5. The van der Waals surface area contributed by atoms with E-state index >= 15 is 0 Å². The van der Waals surface area contributed by atoms with E-state index in [1.54, 1.807) is 0 Å². The van der Waals surface area contributed by atoms with Gasteiger partial charge < -0.3 is 4.98 Å². The monoisotopic (exact) mass is 465 g/mol. The Bertz CT molecular complexity index is 1370. The Morgan fingerprint density at radius 2 is 1.43 bits per heavy atom. The number of rotatable bonds is 6. The molecule has 0 radical (unpaired) electrons. The number of benzene rings is 3. The molecule has 35 heavy (non-hydrogen) atoms. The van der Waals surface area contributed by atoms with Gasteiger partial charge in [0.15, 0.2) is 0 Å². The number of aromatic nitrogens is 1. The van der Waals surface area contributed by atoms with Crippen LogP contribution < -0.4 is 10.6 Å². The van der Waals surface area contributed by atoms with Crippen molar-refractivity contribution in [1.29, 1.82) is 0 Å². The van der Waals surface area contributed by atoms with Gasteiger partial charge in [0.05, 0.1) is 0 Å². The van der Waals surface area contributed by atoms with E-state index in [9.17, 15) is 0 Å². The summed E-state index contributed by atoms with van der Waals surface area (Å²) in [4.78, 5) is 3.54.